The first-order chi connectivity index (χ1) is 15.6. The first-order valence-corrected chi connectivity index (χ1v) is 11.8. The van der Waals surface area contributed by atoms with Crippen LogP contribution in [-0.2, 0) is 19.4 Å². The highest BCUT2D eigenvalue weighted by Gasteiger charge is 2.27. The Bertz CT molecular complexity index is 1360. The molecule has 7 nitrogen and oxygen atoms in total. The number of aromatic amines is 1. The predicted octanol–water partition coefficient (Wildman–Crippen LogP) is 4.04. The summed E-state index contributed by atoms with van der Waals surface area (Å²) in [5.74, 6) is 1.44. The zero-order chi connectivity index (χ0) is 21.7. The molecule has 0 bridgehead atoms. The van der Waals surface area contributed by atoms with Crippen molar-refractivity contribution in [3.63, 3.8) is 0 Å². The average Bonchev–Trinajstić information content (AvgIpc) is 3.50. The number of piperidine rings is 1. The molecule has 1 saturated heterocycles. The number of fused-ring (bicyclic) bond motifs is 3. The van der Waals surface area contributed by atoms with Gasteiger partial charge >= 0.3 is 0 Å². The minimum Gasteiger partial charge on any atom is -0.339 e. The van der Waals surface area contributed by atoms with Gasteiger partial charge in [-0.05, 0) is 56.3 Å². The summed E-state index contributed by atoms with van der Waals surface area (Å²) in [7, 11) is 0. The van der Waals surface area contributed by atoms with Gasteiger partial charge in [0.1, 0.15) is 16.5 Å². The van der Waals surface area contributed by atoms with Gasteiger partial charge in [0.05, 0.1) is 17.8 Å². The van der Waals surface area contributed by atoms with E-state index in [4.69, 9.17) is 9.51 Å². The summed E-state index contributed by atoms with van der Waals surface area (Å²) in [6, 6.07) is 6.20. The summed E-state index contributed by atoms with van der Waals surface area (Å²) in [4.78, 5) is 29.5. The highest BCUT2D eigenvalue weighted by molar-refractivity contribution is 7.18. The molecule has 0 amide bonds. The zero-order valence-corrected chi connectivity index (χ0v) is 18.3. The summed E-state index contributed by atoms with van der Waals surface area (Å²) < 4.78 is 19.0. The minimum absolute atomic E-state index is 0.0189. The normalized spacial score (nSPS) is 19.0. The van der Waals surface area contributed by atoms with Gasteiger partial charge in [0.2, 0.25) is 11.7 Å². The van der Waals surface area contributed by atoms with Crippen LogP contribution < -0.4 is 5.56 Å². The molecule has 9 heteroatoms. The fraction of sp³-hybridized carbons (Fsp3) is 0.391. The number of aryl methyl sites for hydroxylation is 2. The van der Waals surface area contributed by atoms with Gasteiger partial charge in [0, 0.05) is 17.0 Å². The Balaban J connectivity index is 1.20. The standard InChI is InChI=1S/C23H22FN5O2S/c24-15-6-1-4-13(10-15)20-27-22(31-28-20)14-5-3-9-29(11-14)12-18-25-21(30)19-16-7-2-8-17(16)32-23(19)26-18/h1,4,6,10,14H,2-3,5,7-9,11-12H2,(H,25,26,30). The summed E-state index contributed by atoms with van der Waals surface area (Å²) in [5, 5.41) is 4.84. The lowest BCUT2D eigenvalue weighted by molar-refractivity contribution is 0.177. The number of hydrogen-bond acceptors (Lipinski definition) is 7. The van der Waals surface area contributed by atoms with E-state index in [0.29, 0.717) is 29.6 Å². The Morgan fingerprint density at radius 1 is 1.25 bits per heavy atom. The lowest BCUT2D eigenvalue weighted by atomic mass is 9.98. The van der Waals surface area contributed by atoms with Crippen molar-refractivity contribution in [2.45, 2.75) is 44.6 Å². The molecule has 164 valence electrons. The number of rotatable bonds is 4. The molecule has 0 spiro atoms. The number of nitrogens with zero attached hydrogens (tertiary/aromatic N) is 4. The van der Waals surface area contributed by atoms with Crippen molar-refractivity contribution in [2.75, 3.05) is 13.1 Å². The van der Waals surface area contributed by atoms with Crippen LogP contribution in [0.25, 0.3) is 21.6 Å². The molecular weight excluding hydrogens is 429 g/mol. The lowest BCUT2D eigenvalue weighted by Crippen LogP contribution is -2.35. The van der Waals surface area contributed by atoms with Crippen LogP contribution in [0.4, 0.5) is 4.39 Å². The molecule has 0 radical (unpaired) electrons. The van der Waals surface area contributed by atoms with Gasteiger partial charge in [0.25, 0.3) is 5.56 Å². The molecule has 4 aromatic rings. The smallest absolute Gasteiger partial charge is 0.259 e. The van der Waals surface area contributed by atoms with Crippen LogP contribution in [-0.4, -0.2) is 38.1 Å². The first-order valence-electron chi connectivity index (χ1n) is 11.0. The van der Waals surface area contributed by atoms with E-state index in [1.807, 2.05) is 0 Å². The molecule has 0 saturated carbocycles. The molecule has 1 aromatic carbocycles. The SMILES string of the molecule is O=c1[nH]c(CN2CCCC(c3nc(-c4cccc(F)c4)no3)C2)nc2sc3c(c12)CCC3. The van der Waals surface area contributed by atoms with Crippen LogP contribution in [0.2, 0.25) is 0 Å². The largest absolute Gasteiger partial charge is 0.339 e. The molecule has 1 fully saturated rings. The second kappa shape index (κ2) is 7.90. The van der Waals surface area contributed by atoms with Gasteiger partial charge < -0.3 is 9.51 Å². The molecule has 2 aliphatic rings. The fourth-order valence-corrected chi connectivity index (χ4v) is 6.16. The molecule has 1 aliphatic heterocycles. The topological polar surface area (TPSA) is 87.9 Å². The van der Waals surface area contributed by atoms with Crippen LogP contribution in [0.5, 0.6) is 0 Å². The molecule has 1 atom stereocenters. The Hall–Kier alpha value is -2.91. The Morgan fingerprint density at radius 2 is 2.19 bits per heavy atom. The third-order valence-corrected chi connectivity index (χ3v) is 7.56. The molecule has 1 unspecified atom stereocenters. The summed E-state index contributed by atoms with van der Waals surface area (Å²) in [6.45, 7) is 2.24. The molecule has 1 N–H and O–H groups in total. The predicted molar refractivity (Wildman–Crippen MR) is 119 cm³/mol. The highest BCUT2D eigenvalue weighted by Crippen LogP contribution is 2.34. The summed E-state index contributed by atoms with van der Waals surface area (Å²) in [6.07, 6.45) is 5.10. The van der Waals surface area contributed by atoms with Gasteiger partial charge in [-0.15, -0.1) is 11.3 Å². The zero-order valence-electron chi connectivity index (χ0n) is 17.4. The fourth-order valence-electron chi connectivity index (χ4n) is 4.88. The number of halogens is 1. The van der Waals surface area contributed by atoms with E-state index in [0.717, 1.165) is 55.4 Å². The van der Waals surface area contributed by atoms with Crippen molar-refractivity contribution in [1.29, 1.82) is 0 Å². The van der Waals surface area contributed by atoms with E-state index >= 15 is 0 Å². The second-order valence-electron chi connectivity index (χ2n) is 8.59. The third-order valence-electron chi connectivity index (χ3n) is 6.38. The summed E-state index contributed by atoms with van der Waals surface area (Å²) in [5.41, 5.74) is 1.79. The maximum atomic E-state index is 13.5. The van der Waals surface area contributed by atoms with E-state index in [-0.39, 0.29) is 17.3 Å². The number of thiophene rings is 1. The van der Waals surface area contributed by atoms with E-state index in [1.54, 1.807) is 23.5 Å². The Morgan fingerprint density at radius 3 is 3.09 bits per heavy atom. The molecule has 32 heavy (non-hydrogen) atoms. The van der Waals surface area contributed by atoms with Crippen molar-refractivity contribution >= 4 is 21.6 Å². The molecule has 4 heterocycles. The van der Waals surface area contributed by atoms with Crippen molar-refractivity contribution in [3.05, 3.63) is 62.6 Å². The van der Waals surface area contributed by atoms with Crippen molar-refractivity contribution in [1.82, 2.24) is 25.0 Å². The van der Waals surface area contributed by atoms with Gasteiger partial charge in [-0.2, -0.15) is 4.98 Å². The van der Waals surface area contributed by atoms with E-state index < -0.39 is 0 Å². The van der Waals surface area contributed by atoms with Crippen LogP contribution in [0.15, 0.2) is 33.6 Å². The molecule has 1 aliphatic carbocycles. The summed E-state index contributed by atoms with van der Waals surface area (Å²) >= 11 is 1.67. The molecule has 6 rings (SSSR count). The highest BCUT2D eigenvalue weighted by atomic mass is 32.1. The number of H-pyrrole nitrogens is 1. The average molecular weight is 452 g/mol. The van der Waals surface area contributed by atoms with Crippen LogP contribution in [0.1, 0.15) is 47.3 Å². The van der Waals surface area contributed by atoms with E-state index in [9.17, 15) is 9.18 Å². The van der Waals surface area contributed by atoms with Crippen LogP contribution >= 0.6 is 11.3 Å². The number of aromatic nitrogens is 4. The molecule has 3 aromatic heterocycles. The lowest BCUT2D eigenvalue weighted by Gasteiger charge is -2.30. The monoisotopic (exact) mass is 451 g/mol. The van der Waals surface area contributed by atoms with Gasteiger partial charge in [-0.1, -0.05) is 17.3 Å². The Labute approximate surface area is 187 Å². The molecular formula is C23H22FN5O2S. The van der Waals surface area contributed by atoms with Gasteiger partial charge in [-0.3, -0.25) is 9.69 Å². The number of benzene rings is 1. The third kappa shape index (κ3) is 3.55. The van der Waals surface area contributed by atoms with Crippen molar-refractivity contribution in [3.8, 4) is 11.4 Å². The quantitative estimate of drug-likeness (QED) is 0.504. The maximum absolute atomic E-state index is 13.5. The second-order valence-corrected chi connectivity index (χ2v) is 9.67. The number of nitrogens with one attached hydrogen (secondary N) is 1. The van der Waals surface area contributed by atoms with E-state index in [2.05, 4.69) is 20.0 Å². The first kappa shape index (κ1) is 19.8. The Kier molecular flexibility index (Phi) is 4.87. The number of likely N-dealkylation sites (tertiary alicyclic amines) is 1. The maximum Gasteiger partial charge on any atom is 0.259 e. The van der Waals surface area contributed by atoms with Crippen LogP contribution in [0, 0.1) is 5.82 Å². The number of hydrogen-bond donors (Lipinski definition) is 1. The van der Waals surface area contributed by atoms with Crippen LogP contribution in [0.3, 0.4) is 0 Å². The van der Waals surface area contributed by atoms with Gasteiger partial charge in [-0.25, -0.2) is 9.37 Å². The van der Waals surface area contributed by atoms with E-state index in [1.165, 1.54) is 22.6 Å². The van der Waals surface area contributed by atoms with Crippen molar-refractivity contribution in [2.24, 2.45) is 0 Å². The van der Waals surface area contributed by atoms with Crippen molar-refractivity contribution < 1.29 is 8.91 Å². The minimum atomic E-state index is -0.327. The van der Waals surface area contributed by atoms with Gasteiger partial charge in [0.15, 0.2) is 0 Å².